The highest BCUT2D eigenvalue weighted by atomic mass is 35.5. The molecule has 2 unspecified atom stereocenters. The maximum Gasteiger partial charge on any atom is 0.0931 e. The molecule has 1 heterocycles. The van der Waals surface area contributed by atoms with Crippen LogP contribution in [0.3, 0.4) is 0 Å². The van der Waals surface area contributed by atoms with Crippen LogP contribution in [-0.4, -0.2) is 65.4 Å². The predicted molar refractivity (Wildman–Crippen MR) is 81.0 cm³/mol. The summed E-state index contributed by atoms with van der Waals surface area (Å²) in [7, 11) is 0. The Morgan fingerprint density at radius 3 is 2.15 bits per heavy atom. The standard InChI is InChI=1S/C15H23ClN2O2/c1-12(19)10-17-6-8-18(9-7-17)11-15(20)13-4-2-3-5-14(13)16/h2-5,12,15,19-20H,6-11H2,1H3. The van der Waals surface area contributed by atoms with Crippen LogP contribution in [0.1, 0.15) is 18.6 Å². The minimum absolute atomic E-state index is 0.282. The third kappa shape index (κ3) is 4.43. The molecule has 4 nitrogen and oxygen atoms in total. The van der Waals surface area contributed by atoms with Gasteiger partial charge in [-0.3, -0.25) is 9.80 Å². The predicted octanol–water partition coefficient (Wildman–Crippen LogP) is 1.37. The molecule has 2 N–H and O–H groups in total. The van der Waals surface area contributed by atoms with Crippen molar-refractivity contribution in [1.82, 2.24) is 9.80 Å². The average molecular weight is 299 g/mol. The minimum atomic E-state index is -0.549. The Labute approximate surface area is 125 Å². The second-order valence-electron chi connectivity index (χ2n) is 5.49. The van der Waals surface area contributed by atoms with Gasteiger partial charge < -0.3 is 10.2 Å². The van der Waals surface area contributed by atoms with E-state index in [0.717, 1.165) is 38.3 Å². The maximum absolute atomic E-state index is 10.3. The van der Waals surface area contributed by atoms with E-state index in [1.165, 1.54) is 0 Å². The monoisotopic (exact) mass is 298 g/mol. The number of β-amino-alcohol motifs (C(OH)–C–C–N with tert-alkyl or cyclic N) is 2. The van der Waals surface area contributed by atoms with E-state index in [4.69, 9.17) is 11.6 Å². The molecule has 1 aromatic carbocycles. The molecule has 1 aliphatic rings. The van der Waals surface area contributed by atoms with Crippen molar-refractivity contribution in [2.75, 3.05) is 39.3 Å². The molecule has 0 radical (unpaired) electrons. The van der Waals surface area contributed by atoms with Crippen LogP contribution in [0.25, 0.3) is 0 Å². The first-order valence-electron chi connectivity index (χ1n) is 7.11. The SMILES string of the molecule is CC(O)CN1CCN(CC(O)c2ccccc2Cl)CC1. The van der Waals surface area contributed by atoms with Gasteiger partial charge in [0.15, 0.2) is 0 Å². The second-order valence-corrected chi connectivity index (χ2v) is 5.89. The van der Waals surface area contributed by atoms with Crippen LogP contribution in [0.5, 0.6) is 0 Å². The Morgan fingerprint density at radius 1 is 1.05 bits per heavy atom. The number of halogens is 1. The van der Waals surface area contributed by atoms with Gasteiger partial charge in [0.05, 0.1) is 12.2 Å². The van der Waals surface area contributed by atoms with E-state index >= 15 is 0 Å². The van der Waals surface area contributed by atoms with Crippen LogP contribution in [0.15, 0.2) is 24.3 Å². The van der Waals surface area contributed by atoms with Crippen molar-refractivity contribution in [2.24, 2.45) is 0 Å². The molecule has 112 valence electrons. The van der Waals surface area contributed by atoms with Gasteiger partial charge in [-0.15, -0.1) is 0 Å². The van der Waals surface area contributed by atoms with Crippen LogP contribution in [0, 0.1) is 0 Å². The molecular formula is C15H23ClN2O2. The van der Waals surface area contributed by atoms with E-state index < -0.39 is 6.10 Å². The summed E-state index contributed by atoms with van der Waals surface area (Å²) in [6, 6.07) is 7.44. The lowest BCUT2D eigenvalue weighted by Crippen LogP contribution is -2.49. The quantitative estimate of drug-likeness (QED) is 0.862. The van der Waals surface area contributed by atoms with Gasteiger partial charge in [0.1, 0.15) is 0 Å². The van der Waals surface area contributed by atoms with Gasteiger partial charge in [-0.2, -0.15) is 0 Å². The van der Waals surface area contributed by atoms with Gasteiger partial charge in [-0.05, 0) is 13.0 Å². The largest absolute Gasteiger partial charge is 0.392 e. The number of rotatable bonds is 5. The number of hydrogen-bond acceptors (Lipinski definition) is 4. The number of nitrogens with zero attached hydrogens (tertiary/aromatic N) is 2. The van der Waals surface area contributed by atoms with Crippen molar-refractivity contribution in [3.63, 3.8) is 0 Å². The van der Waals surface area contributed by atoms with E-state index in [1.54, 1.807) is 6.07 Å². The zero-order valence-corrected chi connectivity index (χ0v) is 12.6. The third-order valence-corrected chi connectivity index (χ3v) is 4.03. The highest BCUT2D eigenvalue weighted by Crippen LogP contribution is 2.23. The van der Waals surface area contributed by atoms with Crippen molar-refractivity contribution in [3.8, 4) is 0 Å². The lowest BCUT2D eigenvalue weighted by molar-refractivity contribution is 0.0527. The van der Waals surface area contributed by atoms with Gasteiger partial charge in [0, 0.05) is 49.9 Å². The zero-order valence-electron chi connectivity index (χ0n) is 11.9. The van der Waals surface area contributed by atoms with Crippen molar-refractivity contribution < 1.29 is 10.2 Å². The minimum Gasteiger partial charge on any atom is -0.392 e. The molecule has 1 aliphatic heterocycles. The van der Waals surface area contributed by atoms with E-state index in [-0.39, 0.29) is 6.10 Å². The van der Waals surface area contributed by atoms with Crippen LogP contribution in [0.2, 0.25) is 5.02 Å². The molecule has 0 amide bonds. The van der Waals surface area contributed by atoms with Gasteiger partial charge in [0.2, 0.25) is 0 Å². The summed E-state index contributed by atoms with van der Waals surface area (Å²) < 4.78 is 0. The summed E-state index contributed by atoms with van der Waals surface area (Å²) in [6.45, 7) is 6.82. The van der Waals surface area contributed by atoms with Gasteiger partial charge in [-0.25, -0.2) is 0 Å². The van der Waals surface area contributed by atoms with Crippen molar-refractivity contribution in [3.05, 3.63) is 34.9 Å². The molecule has 1 fully saturated rings. The molecule has 0 saturated carbocycles. The lowest BCUT2D eigenvalue weighted by atomic mass is 10.1. The molecule has 5 heteroatoms. The van der Waals surface area contributed by atoms with E-state index in [2.05, 4.69) is 9.80 Å². The molecule has 2 atom stereocenters. The van der Waals surface area contributed by atoms with Crippen LogP contribution < -0.4 is 0 Å². The Bertz CT molecular complexity index is 420. The first-order valence-corrected chi connectivity index (χ1v) is 7.49. The molecular weight excluding hydrogens is 276 g/mol. The Kier molecular flexibility index (Phi) is 5.81. The van der Waals surface area contributed by atoms with E-state index in [9.17, 15) is 10.2 Å². The molecule has 1 saturated heterocycles. The Hall–Kier alpha value is -0.650. The number of benzene rings is 1. The normalized spacial score (nSPS) is 20.8. The zero-order chi connectivity index (χ0) is 14.5. The fourth-order valence-corrected chi connectivity index (χ4v) is 2.88. The molecule has 2 rings (SSSR count). The van der Waals surface area contributed by atoms with Crippen LogP contribution in [-0.2, 0) is 0 Å². The smallest absolute Gasteiger partial charge is 0.0931 e. The summed E-state index contributed by atoms with van der Waals surface area (Å²) in [5.74, 6) is 0. The fraction of sp³-hybridized carbons (Fsp3) is 0.600. The van der Waals surface area contributed by atoms with E-state index in [1.807, 2.05) is 25.1 Å². The number of hydrogen-bond donors (Lipinski definition) is 2. The summed E-state index contributed by atoms with van der Waals surface area (Å²) >= 11 is 6.10. The molecule has 1 aromatic rings. The fourth-order valence-electron chi connectivity index (χ4n) is 2.62. The van der Waals surface area contributed by atoms with Gasteiger partial charge in [0.25, 0.3) is 0 Å². The number of piperazine rings is 1. The Balaban J connectivity index is 1.82. The summed E-state index contributed by atoms with van der Waals surface area (Å²) in [5.41, 5.74) is 0.792. The van der Waals surface area contributed by atoms with E-state index in [0.29, 0.717) is 11.6 Å². The topological polar surface area (TPSA) is 46.9 Å². The van der Waals surface area contributed by atoms with Crippen LogP contribution >= 0.6 is 11.6 Å². The summed E-state index contributed by atoms with van der Waals surface area (Å²) in [6.07, 6.45) is -0.831. The average Bonchev–Trinajstić information content (AvgIpc) is 2.41. The first-order chi connectivity index (χ1) is 9.56. The van der Waals surface area contributed by atoms with Crippen molar-refractivity contribution >= 4 is 11.6 Å². The summed E-state index contributed by atoms with van der Waals surface area (Å²) in [4.78, 5) is 4.50. The summed E-state index contributed by atoms with van der Waals surface area (Å²) in [5, 5.41) is 20.3. The Morgan fingerprint density at radius 2 is 1.60 bits per heavy atom. The lowest BCUT2D eigenvalue weighted by Gasteiger charge is -2.36. The molecule has 0 aromatic heterocycles. The molecule has 0 aliphatic carbocycles. The van der Waals surface area contributed by atoms with Crippen molar-refractivity contribution in [2.45, 2.75) is 19.1 Å². The first kappa shape index (κ1) is 15.7. The van der Waals surface area contributed by atoms with Gasteiger partial charge in [-0.1, -0.05) is 29.8 Å². The highest BCUT2D eigenvalue weighted by molar-refractivity contribution is 6.31. The number of aliphatic hydroxyl groups excluding tert-OH is 2. The molecule has 20 heavy (non-hydrogen) atoms. The van der Waals surface area contributed by atoms with Gasteiger partial charge >= 0.3 is 0 Å². The maximum atomic E-state index is 10.3. The molecule has 0 bridgehead atoms. The molecule has 0 spiro atoms. The van der Waals surface area contributed by atoms with Crippen LogP contribution in [0.4, 0.5) is 0 Å². The second kappa shape index (κ2) is 7.38. The van der Waals surface area contributed by atoms with Crippen molar-refractivity contribution in [1.29, 1.82) is 0 Å². The highest BCUT2D eigenvalue weighted by Gasteiger charge is 2.21. The number of aliphatic hydroxyl groups is 2. The third-order valence-electron chi connectivity index (χ3n) is 3.68.